The maximum atomic E-state index is 6.46. The van der Waals surface area contributed by atoms with Gasteiger partial charge in [0, 0.05) is 17.6 Å². The molecule has 120 valence electrons. The second kappa shape index (κ2) is 7.28. The standard InChI is InChI=1S/C18H32N2O/c1-8-15(19)17(20(6)13(2)18(3,4)5)14-11-9-10-12-16(14)21-7/h9-13,15,17H,8,19H2,1-7H3. The number of likely N-dealkylation sites (N-methyl/N-ethyl adjacent to an activating group) is 1. The van der Waals surface area contributed by atoms with Gasteiger partial charge in [0.15, 0.2) is 0 Å². The molecule has 0 aromatic heterocycles. The number of methoxy groups -OCH3 is 1. The summed E-state index contributed by atoms with van der Waals surface area (Å²) in [6, 6.07) is 8.85. The van der Waals surface area contributed by atoms with Crippen LogP contribution in [0.2, 0.25) is 0 Å². The van der Waals surface area contributed by atoms with E-state index in [-0.39, 0.29) is 17.5 Å². The van der Waals surface area contributed by atoms with Gasteiger partial charge in [0.2, 0.25) is 0 Å². The van der Waals surface area contributed by atoms with Crippen LogP contribution >= 0.6 is 0 Å². The molecule has 0 bridgehead atoms. The van der Waals surface area contributed by atoms with E-state index in [1.165, 1.54) is 5.56 Å². The minimum absolute atomic E-state index is 0.0797. The van der Waals surface area contributed by atoms with Crippen molar-refractivity contribution in [1.29, 1.82) is 0 Å². The average molecular weight is 292 g/mol. The van der Waals surface area contributed by atoms with E-state index >= 15 is 0 Å². The average Bonchev–Trinajstić information content (AvgIpc) is 2.45. The molecular formula is C18H32N2O. The van der Waals surface area contributed by atoms with Gasteiger partial charge in [-0.1, -0.05) is 45.9 Å². The number of ether oxygens (including phenoxy) is 1. The van der Waals surface area contributed by atoms with Gasteiger partial charge in [0.05, 0.1) is 13.2 Å². The minimum Gasteiger partial charge on any atom is -0.496 e. The summed E-state index contributed by atoms with van der Waals surface area (Å²) >= 11 is 0. The summed E-state index contributed by atoms with van der Waals surface area (Å²) in [6.07, 6.45) is 0.934. The van der Waals surface area contributed by atoms with Crippen molar-refractivity contribution in [2.24, 2.45) is 11.1 Å². The maximum Gasteiger partial charge on any atom is 0.123 e. The molecular weight excluding hydrogens is 260 g/mol. The summed E-state index contributed by atoms with van der Waals surface area (Å²) in [5.41, 5.74) is 7.83. The van der Waals surface area contributed by atoms with Gasteiger partial charge in [-0.15, -0.1) is 0 Å². The van der Waals surface area contributed by atoms with Gasteiger partial charge in [-0.3, -0.25) is 4.90 Å². The summed E-state index contributed by atoms with van der Waals surface area (Å²) in [7, 11) is 3.89. The smallest absolute Gasteiger partial charge is 0.123 e. The van der Waals surface area contributed by atoms with Gasteiger partial charge >= 0.3 is 0 Å². The van der Waals surface area contributed by atoms with Crippen molar-refractivity contribution in [2.75, 3.05) is 14.2 Å². The number of hydrogen-bond acceptors (Lipinski definition) is 3. The summed E-state index contributed by atoms with van der Waals surface area (Å²) in [6.45, 7) is 11.2. The van der Waals surface area contributed by atoms with Crippen LogP contribution < -0.4 is 10.5 Å². The molecule has 0 aliphatic heterocycles. The van der Waals surface area contributed by atoms with Crippen LogP contribution in [0.1, 0.15) is 52.6 Å². The van der Waals surface area contributed by atoms with Crippen LogP contribution in [-0.2, 0) is 0 Å². The largest absolute Gasteiger partial charge is 0.496 e. The lowest BCUT2D eigenvalue weighted by atomic mass is 9.84. The highest BCUT2D eigenvalue weighted by molar-refractivity contribution is 5.37. The van der Waals surface area contributed by atoms with Crippen molar-refractivity contribution in [1.82, 2.24) is 4.90 Å². The normalized spacial score (nSPS) is 16.6. The molecule has 0 aliphatic rings. The highest BCUT2D eigenvalue weighted by atomic mass is 16.5. The SMILES string of the molecule is CCC(N)C(c1ccccc1OC)N(C)C(C)C(C)(C)C. The Morgan fingerprint density at radius 2 is 1.81 bits per heavy atom. The van der Waals surface area contributed by atoms with E-state index in [0.717, 1.165) is 12.2 Å². The Kier molecular flexibility index (Phi) is 6.24. The van der Waals surface area contributed by atoms with Crippen LogP contribution in [0.15, 0.2) is 24.3 Å². The zero-order chi connectivity index (χ0) is 16.2. The zero-order valence-corrected chi connectivity index (χ0v) is 14.7. The Morgan fingerprint density at radius 3 is 2.29 bits per heavy atom. The Labute approximate surface area is 130 Å². The molecule has 0 heterocycles. The van der Waals surface area contributed by atoms with E-state index in [1.807, 2.05) is 12.1 Å². The molecule has 0 saturated heterocycles. The van der Waals surface area contributed by atoms with Gasteiger partial charge in [-0.05, 0) is 31.9 Å². The quantitative estimate of drug-likeness (QED) is 0.865. The predicted molar refractivity (Wildman–Crippen MR) is 90.7 cm³/mol. The monoisotopic (exact) mass is 292 g/mol. The lowest BCUT2D eigenvalue weighted by Gasteiger charge is -2.42. The number of nitrogens with zero attached hydrogens (tertiary/aromatic N) is 1. The van der Waals surface area contributed by atoms with Crippen molar-refractivity contribution < 1.29 is 4.74 Å². The van der Waals surface area contributed by atoms with E-state index in [2.05, 4.69) is 58.7 Å². The van der Waals surface area contributed by atoms with E-state index < -0.39 is 0 Å². The molecule has 3 heteroatoms. The van der Waals surface area contributed by atoms with Crippen LogP contribution in [0.4, 0.5) is 0 Å². The molecule has 1 aromatic carbocycles. The van der Waals surface area contributed by atoms with Crippen LogP contribution in [0.25, 0.3) is 0 Å². The molecule has 1 rings (SSSR count). The third kappa shape index (κ3) is 4.21. The topological polar surface area (TPSA) is 38.5 Å². The van der Waals surface area contributed by atoms with Crippen molar-refractivity contribution in [3.05, 3.63) is 29.8 Å². The lowest BCUT2D eigenvalue weighted by Crippen LogP contribution is -2.47. The van der Waals surface area contributed by atoms with Crippen LogP contribution in [0.5, 0.6) is 5.75 Å². The van der Waals surface area contributed by atoms with Crippen molar-refractivity contribution in [3.63, 3.8) is 0 Å². The molecule has 3 atom stereocenters. The van der Waals surface area contributed by atoms with E-state index in [4.69, 9.17) is 10.5 Å². The molecule has 0 saturated carbocycles. The molecule has 2 N–H and O–H groups in total. The third-order valence-corrected chi connectivity index (χ3v) is 4.64. The molecule has 0 amide bonds. The Balaban J connectivity index is 3.23. The second-order valence-corrected chi connectivity index (χ2v) is 6.97. The summed E-state index contributed by atoms with van der Waals surface area (Å²) in [5.74, 6) is 0.916. The van der Waals surface area contributed by atoms with Crippen LogP contribution in [0.3, 0.4) is 0 Å². The maximum absolute atomic E-state index is 6.46. The van der Waals surface area contributed by atoms with E-state index in [0.29, 0.717) is 6.04 Å². The summed E-state index contributed by atoms with van der Waals surface area (Å²) in [5, 5.41) is 0. The van der Waals surface area contributed by atoms with Gasteiger partial charge in [-0.2, -0.15) is 0 Å². The number of hydrogen-bond donors (Lipinski definition) is 1. The summed E-state index contributed by atoms with van der Waals surface area (Å²) < 4.78 is 5.55. The molecule has 3 unspecified atom stereocenters. The number of para-hydroxylation sites is 1. The Bertz CT molecular complexity index is 439. The van der Waals surface area contributed by atoms with Crippen LogP contribution in [0, 0.1) is 5.41 Å². The third-order valence-electron chi connectivity index (χ3n) is 4.64. The van der Waals surface area contributed by atoms with Gasteiger partial charge < -0.3 is 10.5 Å². The second-order valence-electron chi connectivity index (χ2n) is 6.97. The molecule has 1 aromatic rings. The highest BCUT2D eigenvalue weighted by Crippen LogP contribution is 2.36. The van der Waals surface area contributed by atoms with Gasteiger partial charge in [0.1, 0.15) is 5.75 Å². The fraction of sp³-hybridized carbons (Fsp3) is 0.667. The fourth-order valence-electron chi connectivity index (χ4n) is 2.74. The molecule has 0 aliphatic carbocycles. The first-order valence-electron chi connectivity index (χ1n) is 7.84. The highest BCUT2D eigenvalue weighted by Gasteiger charge is 2.33. The minimum atomic E-state index is 0.0797. The predicted octanol–water partition coefficient (Wildman–Crippen LogP) is 3.84. The number of benzene rings is 1. The first-order chi connectivity index (χ1) is 9.73. The lowest BCUT2D eigenvalue weighted by molar-refractivity contribution is 0.0818. The van der Waals surface area contributed by atoms with Crippen LogP contribution in [-0.4, -0.2) is 31.1 Å². The van der Waals surface area contributed by atoms with Crippen molar-refractivity contribution >= 4 is 0 Å². The molecule has 0 radical (unpaired) electrons. The van der Waals surface area contributed by atoms with E-state index in [1.54, 1.807) is 7.11 Å². The van der Waals surface area contributed by atoms with Crippen molar-refractivity contribution in [3.8, 4) is 5.75 Å². The van der Waals surface area contributed by atoms with E-state index in [9.17, 15) is 0 Å². The zero-order valence-electron chi connectivity index (χ0n) is 14.7. The summed E-state index contributed by atoms with van der Waals surface area (Å²) in [4.78, 5) is 2.39. The number of rotatable bonds is 6. The molecule has 0 spiro atoms. The Morgan fingerprint density at radius 1 is 1.24 bits per heavy atom. The van der Waals surface area contributed by atoms with Gasteiger partial charge in [0.25, 0.3) is 0 Å². The first-order valence-corrected chi connectivity index (χ1v) is 7.84. The molecule has 0 fully saturated rings. The first kappa shape index (κ1) is 18.0. The molecule has 3 nitrogen and oxygen atoms in total. The molecule has 21 heavy (non-hydrogen) atoms. The Hall–Kier alpha value is -1.06. The fourth-order valence-corrected chi connectivity index (χ4v) is 2.74. The number of nitrogens with two attached hydrogens (primary N) is 1. The van der Waals surface area contributed by atoms with Gasteiger partial charge in [-0.25, -0.2) is 0 Å². The van der Waals surface area contributed by atoms with Crippen molar-refractivity contribution in [2.45, 2.75) is 59.2 Å².